The highest BCUT2D eigenvalue weighted by molar-refractivity contribution is 6.50. The summed E-state index contributed by atoms with van der Waals surface area (Å²) in [5.41, 5.74) is 2.25. The standard InChI is InChI=1S/C13H14ClNO3/c1-9-3-5-10(6-4-9)13(14)11(8-15-17)7-12(16)18-2/h3-6,8,17H,7H2,1-2H3. The Morgan fingerprint density at radius 3 is 2.56 bits per heavy atom. The van der Waals surface area contributed by atoms with Crippen LogP contribution in [0, 0.1) is 6.92 Å². The lowest BCUT2D eigenvalue weighted by atomic mass is 10.1. The largest absolute Gasteiger partial charge is 0.469 e. The molecule has 0 heterocycles. The maximum absolute atomic E-state index is 11.2. The third kappa shape index (κ3) is 3.89. The molecule has 0 aromatic heterocycles. The quantitative estimate of drug-likeness (QED) is 0.395. The number of benzene rings is 1. The van der Waals surface area contributed by atoms with Crippen LogP contribution in [-0.4, -0.2) is 24.5 Å². The zero-order valence-corrected chi connectivity index (χ0v) is 10.9. The van der Waals surface area contributed by atoms with E-state index >= 15 is 0 Å². The molecule has 0 bridgehead atoms. The molecule has 0 aliphatic carbocycles. The molecule has 18 heavy (non-hydrogen) atoms. The zero-order chi connectivity index (χ0) is 13.5. The second-order valence-electron chi connectivity index (χ2n) is 3.70. The molecule has 1 aromatic rings. The molecule has 0 saturated heterocycles. The lowest BCUT2D eigenvalue weighted by Crippen LogP contribution is -2.04. The first kappa shape index (κ1) is 14.3. The number of carbonyl (C=O) groups excluding carboxylic acids is 1. The van der Waals surface area contributed by atoms with Crippen molar-refractivity contribution in [3.63, 3.8) is 0 Å². The van der Waals surface area contributed by atoms with Crippen LogP contribution in [0.2, 0.25) is 0 Å². The van der Waals surface area contributed by atoms with Gasteiger partial charge in [-0.3, -0.25) is 4.79 Å². The number of methoxy groups -OCH3 is 1. The summed E-state index contributed by atoms with van der Waals surface area (Å²) in [6.45, 7) is 1.96. The number of oxime groups is 1. The van der Waals surface area contributed by atoms with Crippen LogP contribution >= 0.6 is 11.6 Å². The van der Waals surface area contributed by atoms with E-state index in [1.807, 2.05) is 31.2 Å². The average molecular weight is 268 g/mol. The minimum atomic E-state index is -0.449. The molecule has 0 saturated carbocycles. The third-order valence-electron chi connectivity index (χ3n) is 2.36. The highest BCUT2D eigenvalue weighted by Gasteiger charge is 2.11. The van der Waals surface area contributed by atoms with Crippen molar-refractivity contribution in [3.05, 3.63) is 41.0 Å². The van der Waals surface area contributed by atoms with Crippen LogP contribution in [0.3, 0.4) is 0 Å². The molecule has 1 N–H and O–H groups in total. The van der Waals surface area contributed by atoms with E-state index in [2.05, 4.69) is 9.89 Å². The fourth-order valence-electron chi connectivity index (χ4n) is 1.36. The van der Waals surface area contributed by atoms with Crippen LogP contribution in [0.15, 0.2) is 35.0 Å². The van der Waals surface area contributed by atoms with E-state index in [9.17, 15) is 4.79 Å². The van der Waals surface area contributed by atoms with Crippen molar-refractivity contribution >= 4 is 28.8 Å². The Morgan fingerprint density at radius 2 is 2.06 bits per heavy atom. The molecule has 96 valence electrons. The van der Waals surface area contributed by atoms with Gasteiger partial charge in [-0.1, -0.05) is 46.6 Å². The summed E-state index contributed by atoms with van der Waals surface area (Å²) >= 11 is 6.17. The first-order valence-electron chi connectivity index (χ1n) is 5.28. The summed E-state index contributed by atoms with van der Waals surface area (Å²) < 4.78 is 4.56. The summed E-state index contributed by atoms with van der Waals surface area (Å²) in [5.74, 6) is -0.449. The van der Waals surface area contributed by atoms with Crippen LogP contribution < -0.4 is 0 Å². The molecule has 0 amide bonds. The summed E-state index contributed by atoms with van der Waals surface area (Å²) in [4.78, 5) is 11.2. The molecule has 1 aromatic carbocycles. The van der Waals surface area contributed by atoms with Crippen molar-refractivity contribution in [2.24, 2.45) is 5.16 Å². The maximum atomic E-state index is 11.2. The fourth-order valence-corrected chi connectivity index (χ4v) is 1.60. The van der Waals surface area contributed by atoms with E-state index in [-0.39, 0.29) is 6.42 Å². The maximum Gasteiger partial charge on any atom is 0.310 e. The summed E-state index contributed by atoms with van der Waals surface area (Å²) in [6, 6.07) is 7.48. The SMILES string of the molecule is COC(=O)CC(C=NO)=C(Cl)c1ccc(C)cc1. The van der Waals surface area contributed by atoms with Crippen LogP contribution in [0.25, 0.3) is 5.03 Å². The molecule has 0 aliphatic heterocycles. The van der Waals surface area contributed by atoms with Crippen molar-refractivity contribution in [1.82, 2.24) is 0 Å². The van der Waals surface area contributed by atoms with Gasteiger partial charge in [0.1, 0.15) is 0 Å². The van der Waals surface area contributed by atoms with E-state index in [1.54, 1.807) is 0 Å². The van der Waals surface area contributed by atoms with E-state index in [4.69, 9.17) is 16.8 Å². The lowest BCUT2D eigenvalue weighted by Gasteiger charge is -2.06. The topological polar surface area (TPSA) is 58.9 Å². The van der Waals surface area contributed by atoms with Gasteiger partial charge in [0.25, 0.3) is 0 Å². The van der Waals surface area contributed by atoms with Gasteiger partial charge < -0.3 is 9.94 Å². The summed E-state index contributed by atoms with van der Waals surface area (Å²) in [6.07, 6.45) is 1.09. The number of aryl methyl sites for hydroxylation is 1. The van der Waals surface area contributed by atoms with Crippen LogP contribution in [0.4, 0.5) is 0 Å². The van der Waals surface area contributed by atoms with Crippen molar-refractivity contribution in [3.8, 4) is 0 Å². The number of carbonyl (C=O) groups is 1. The molecular formula is C13H14ClNO3. The van der Waals surface area contributed by atoms with Crippen molar-refractivity contribution < 1.29 is 14.7 Å². The molecule has 0 fully saturated rings. The Bertz CT molecular complexity index is 478. The number of halogens is 1. The molecule has 0 radical (unpaired) electrons. The van der Waals surface area contributed by atoms with Crippen molar-refractivity contribution in [2.75, 3.05) is 7.11 Å². The van der Waals surface area contributed by atoms with Crippen molar-refractivity contribution in [2.45, 2.75) is 13.3 Å². The Kier molecular flexibility index (Phi) is 5.39. The summed E-state index contributed by atoms with van der Waals surface area (Å²) in [5, 5.41) is 11.9. The molecule has 1 rings (SSSR count). The molecule has 0 atom stereocenters. The molecule has 0 spiro atoms. The van der Waals surface area contributed by atoms with Gasteiger partial charge in [0.15, 0.2) is 0 Å². The lowest BCUT2D eigenvalue weighted by molar-refractivity contribution is -0.139. The molecular weight excluding hydrogens is 254 g/mol. The first-order chi connectivity index (χ1) is 8.58. The molecule has 0 aliphatic rings. The highest BCUT2D eigenvalue weighted by atomic mass is 35.5. The van der Waals surface area contributed by atoms with E-state index in [0.717, 1.165) is 17.3 Å². The van der Waals surface area contributed by atoms with Crippen LogP contribution in [0.1, 0.15) is 17.5 Å². The number of rotatable bonds is 4. The van der Waals surface area contributed by atoms with Crippen LogP contribution in [-0.2, 0) is 9.53 Å². The zero-order valence-electron chi connectivity index (χ0n) is 10.2. The predicted molar refractivity (Wildman–Crippen MR) is 70.9 cm³/mol. The highest BCUT2D eigenvalue weighted by Crippen LogP contribution is 2.24. The Labute approximate surface area is 111 Å². The number of hydrogen-bond acceptors (Lipinski definition) is 4. The fraction of sp³-hybridized carbons (Fsp3) is 0.231. The first-order valence-corrected chi connectivity index (χ1v) is 5.66. The van der Waals surface area contributed by atoms with Crippen LogP contribution in [0.5, 0.6) is 0 Å². The number of nitrogens with zero attached hydrogens (tertiary/aromatic N) is 1. The van der Waals surface area contributed by atoms with Gasteiger partial charge in [-0.05, 0) is 12.5 Å². The smallest absolute Gasteiger partial charge is 0.310 e. The Morgan fingerprint density at radius 1 is 1.44 bits per heavy atom. The minimum absolute atomic E-state index is 0.0483. The minimum Gasteiger partial charge on any atom is -0.469 e. The van der Waals surface area contributed by atoms with Gasteiger partial charge >= 0.3 is 5.97 Å². The van der Waals surface area contributed by atoms with Gasteiger partial charge in [-0.2, -0.15) is 0 Å². The van der Waals surface area contributed by atoms with Crippen molar-refractivity contribution in [1.29, 1.82) is 0 Å². The van der Waals surface area contributed by atoms with Gasteiger partial charge in [-0.25, -0.2) is 0 Å². The second kappa shape index (κ2) is 6.81. The summed E-state index contributed by atoms with van der Waals surface area (Å²) in [7, 11) is 1.29. The van der Waals surface area contributed by atoms with Gasteiger partial charge in [0.2, 0.25) is 0 Å². The van der Waals surface area contributed by atoms with Gasteiger partial charge in [0.05, 0.1) is 24.8 Å². The average Bonchev–Trinajstić information content (AvgIpc) is 2.38. The molecule has 5 heteroatoms. The molecule has 4 nitrogen and oxygen atoms in total. The third-order valence-corrected chi connectivity index (χ3v) is 2.82. The van der Waals surface area contributed by atoms with Gasteiger partial charge in [0, 0.05) is 5.57 Å². The Hall–Kier alpha value is -1.81. The van der Waals surface area contributed by atoms with E-state index in [0.29, 0.717) is 10.6 Å². The molecule has 0 unspecified atom stereocenters. The normalized spacial score (nSPS) is 12.4. The Balaban J connectivity index is 3.10. The van der Waals surface area contributed by atoms with E-state index < -0.39 is 5.97 Å². The predicted octanol–water partition coefficient (Wildman–Crippen LogP) is 2.97. The monoisotopic (exact) mass is 267 g/mol. The number of esters is 1. The van der Waals surface area contributed by atoms with E-state index in [1.165, 1.54) is 7.11 Å². The van der Waals surface area contributed by atoms with Gasteiger partial charge in [-0.15, -0.1) is 0 Å². The number of ether oxygens (including phenoxy) is 1. The number of hydrogen-bond donors (Lipinski definition) is 1. The second-order valence-corrected chi connectivity index (χ2v) is 4.08.